The van der Waals surface area contributed by atoms with E-state index < -0.39 is 11.7 Å². The van der Waals surface area contributed by atoms with E-state index in [2.05, 4.69) is 21.2 Å². The molecule has 0 bridgehead atoms. The number of halogens is 3. The van der Waals surface area contributed by atoms with Crippen LogP contribution in [0.3, 0.4) is 0 Å². The Bertz CT molecular complexity index is 710. The Labute approximate surface area is 134 Å². The second-order valence-corrected chi connectivity index (χ2v) is 5.45. The van der Waals surface area contributed by atoms with E-state index in [-0.39, 0.29) is 11.3 Å². The highest BCUT2D eigenvalue weighted by atomic mass is 79.9. The third-order valence-electron chi connectivity index (χ3n) is 2.72. The third-order valence-corrected chi connectivity index (χ3v) is 3.53. The van der Waals surface area contributed by atoms with Crippen molar-refractivity contribution in [2.75, 3.05) is 18.2 Å². The van der Waals surface area contributed by atoms with Crippen LogP contribution in [0.1, 0.15) is 10.4 Å². The summed E-state index contributed by atoms with van der Waals surface area (Å²) in [6.07, 6.45) is 0. The Morgan fingerprint density at radius 2 is 2.10 bits per heavy atom. The molecule has 0 aromatic heterocycles. The van der Waals surface area contributed by atoms with Crippen LogP contribution in [0.4, 0.5) is 15.8 Å². The van der Waals surface area contributed by atoms with E-state index in [4.69, 9.17) is 22.1 Å². The van der Waals surface area contributed by atoms with Crippen molar-refractivity contribution in [3.8, 4) is 5.75 Å². The number of benzene rings is 2. The lowest BCUT2D eigenvalue weighted by atomic mass is 10.1. The van der Waals surface area contributed by atoms with E-state index in [1.165, 1.54) is 25.3 Å². The maximum absolute atomic E-state index is 13.4. The highest BCUT2D eigenvalue weighted by Gasteiger charge is 2.14. The van der Waals surface area contributed by atoms with Crippen molar-refractivity contribution in [2.45, 2.75) is 0 Å². The van der Waals surface area contributed by atoms with Gasteiger partial charge in [-0.1, -0.05) is 11.6 Å². The summed E-state index contributed by atoms with van der Waals surface area (Å²) in [6.45, 7) is 0. The number of methoxy groups -OCH3 is 1. The minimum absolute atomic E-state index is 0.0189. The fourth-order valence-electron chi connectivity index (χ4n) is 1.72. The predicted octanol–water partition coefficient (Wildman–Crippen LogP) is 4.08. The van der Waals surface area contributed by atoms with Crippen LogP contribution in [0.15, 0.2) is 34.8 Å². The van der Waals surface area contributed by atoms with Gasteiger partial charge in [-0.25, -0.2) is 4.39 Å². The normalized spacial score (nSPS) is 10.3. The number of nitrogens with one attached hydrogen (secondary N) is 1. The molecule has 4 nitrogen and oxygen atoms in total. The first-order valence-electron chi connectivity index (χ1n) is 5.81. The Balaban J connectivity index is 2.33. The summed E-state index contributed by atoms with van der Waals surface area (Å²) >= 11 is 9.23. The highest BCUT2D eigenvalue weighted by molar-refractivity contribution is 9.10. The lowest BCUT2D eigenvalue weighted by molar-refractivity contribution is 0.102. The fourth-order valence-corrected chi connectivity index (χ4v) is 2.70. The molecule has 0 heterocycles. The van der Waals surface area contributed by atoms with Crippen molar-refractivity contribution in [2.24, 2.45) is 0 Å². The van der Waals surface area contributed by atoms with Crippen molar-refractivity contribution in [1.29, 1.82) is 0 Å². The van der Waals surface area contributed by atoms with Crippen LogP contribution in [-0.4, -0.2) is 13.0 Å². The molecule has 0 unspecified atom stereocenters. The van der Waals surface area contributed by atoms with Gasteiger partial charge in [0.2, 0.25) is 0 Å². The predicted molar refractivity (Wildman–Crippen MR) is 84.5 cm³/mol. The molecule has 0 radical (unpaired) electrons. The Morgan fingerprint density at radius 3 is 2.71 bits per heavy atom. The standard InChI is InChI=1S/C14H11BrClFN2O2/c1-21-13-9(15)5-8(16)6-12(13)19-14(20)7-2-3-11(18)10(17)4-7/h2-6H,18H2,1H3,(H,19,20). The van der Waals surface area contributed by atoms with Gasteiger partial charge in [-0.2, -0.15) is 0 Å². The van der Waals surface area contributed by atoms with Crippen LogP contribution in [0.2, 0.25) is 5.02 Å². The van der Waals surface area contributed by atoms with Crippen molar-refractivity contribution >= 4 is 44.8 Å². The monoisotopic (exact) mass is 372 g/mol. The van der Waals surface area contributed by atoms with Gasteiger partial charge in [-0.3, -0.25) is 4.79 Å². The van der Waals surface area contributed by atoms with E-state index in [1.54, 1.807) is 6.07 Å². The molecule has 0 fully saturated rings. The fraction of sp³-hybridized carbons (Fsp3) is 0.0714. The summed E-state index contributed by atoms with van der Waals surface area (Å²) < 4.78 is 19.2. The maximum atomic E-state index is 13.4. The zero-order valence-corrected chi connectivity index (χ0v) is 13.3. The SMILES string of the molecule is COc1c(Br)cc(Cl)cc1NC(=O)c1ccc(N)c(F)c1. The van der Waals surface area contributed by atoms with E-state index in [1.807, 2.05) is 0 Å². The molecule has 1 amide bonds. The molecule has 0 aliphatic rings. The average Bonchev–Trinajstić information content (AvgIpc) is 2.41. The molecule has 0 aliphatic carbocycles. The summed E-state index contributed by atoms with van der Waals surface area (Å²) in [6, 6.07) is 7.00. The van der Waals surface area contributed by atoms with E-state index >= 15 is 0 Å². The molecular weight excluding hydrogens is 363 g/mol. The minimum atomic E-state index is -0.651. The molecule has 2 aromatic rings. The number of carbonyl (C=O) groups excluding carboxylic acids is 1. The van der Waals surface area contributed by atoms with Crippen molar-refractivity contribution < 1.29 is 13.9 Å². The smallest absolute Gasteiger partial charge is 0.255 e. The van der Waals surface area contributed by atoms with Crippen molar-refractivity contribution in [3.05, 3.63) is 51.2 Å². The summed E-state index contributed by atoms with van der Waals surface area (Å²) in [5.74, 6) is -0.730. The van der Waals surface area contributed by atoms with Crippen LogP contribution in [0.25, 0.3) is 0 Å². The Kier molecular flexibility index (Phi) is 4.69. The number of hydrogen-bond donors (Lipinski definition) is 2. The maximum Gasteiger partial charge on any atom is 0.255 e. The first kappa shape index (κ1) is 15.6. The first-order chi connectivity index (χ1) is 9.92. The van der Waals surface area contributed by atoms with Gasteiger partial charge < -0.3 is 15.8 Å². The van der Waals surface area contributed by atoms with Gasteiger partial charge in [-0.05, 0) is 46.3 Å². The van der Waals surface area contributed by atoms with Crippen LogP contribution in [0, 0.1) is 5.82 Å². The van der Waals surface area contributed by atoms with E-state index in [0.29, 0.717) is 20.9 Å². The van der Waals surface area contributed by atoms with Gasteiger partial charge >= 0.3 is 0 Å². The minimum Gasteiger partial charge on any atom is -0.493 e. The summed E-state index contributed by atoms with van der Waals surface area (Å²) in [7, 11) is 1.46. The quantitative estimate of drug-likeness (QED) is 0.797. The molecule has 2 aromatic carbocycles. The average molecular weight is 374 g/mol. The van der Waals surface area contributed by atoms with Gasteiger partial charge in [0.1, 0.15) is 5.82 Å². The number of anilines is 2. The zero-order chi connectivity index (χ0) is 15.6. The van der Waals surface area contributed by atoms with Gasteiger partial charge in [0.15, 0.2) is 5.75 Å². The van der Waals surface area contributed by atoms with Crippen LogP contribution < -0.4 is 15.8 Å². The third kappa shape index (κ3) is 3.46. The summed E-state index contributed by atoms with van der Waals surface area (Å²) in [4.78, 5) is 12.1. The Hall–Kier alpha value is -1.79. The first-order valence-corrected chi connectivity index (χ1v) is 6.99. The van der Waals surface area contributed by atoms with E-state index in [0.717, 1.165) is 6.07 Å². The molecule has 0 atom stereocenters. The molecule has 3 N–H and O–H groups in total. The number of amides is 1. The molecular formula is C14H11BrClFN2O2. The topological polar surface area (TPSA) is 64.3 Å². The van der Waals surface area contributed by atoms with Gasteiger partial charge in [0, 0.05) is 10.6 Å². The number of rotatable bonds is 3. The largest absolute Gasteiger partial charge is 0.493 e. The Morgan fingerprint density at radius 1 is 1.38 bits per heavy atom. The van der Waals surface area contributed by atoms with Crippen molar-refractivity contribution in [1.82, 2.24) is 0 Å². The zero-order valence-electron chi connectivity index (χ0n) is 10.9. The molecule has 0 saturated heterocycles. The number of ether oxygens (including phenoxy) is 1. The lowest BCUT2D eigenvalue weighted by Crippen LogP contribution is -2.13. The number of nitrogens with two attached hydrogens (primary N) is 1. The molecule has 2 rings (SSSR count). The van der Waals surface area contributed by atoms with Crippen LogP contribution >= 0.6 is 27.5 Å². The van der Waals surface area contributed by atoms with Crippen molar-refractivity contribution in [3.63, 3.8) is 0 Å². The van der Waals surface area contributed by atoms with Gasteiger partial charge in [0.05, 0.1) is 23.0 Å². The molecule has 110 valence electrons. The van der Waals surface area contributed by atoms with Crippen LogP contribution in [-0.2, 0) is 0 Å². The van der Waals surface area contributed by atoms with E-state index in [9.17, 15) is 9.18 Å². The highest BCUT2D eigenvalue weighted by Crippen LogP contribution is 2.36. The number of hydrogen-bond acceptors (Lipinski definition) is 3. The second-order valence-electron chi connectivity index (χ2n) is 4.16. The molecule has 0 spiro atoms. The second kappa shape index (κ2) is 6.32. The number of carbonyl (C=O) groups is 1. The molecule has 7 heteroatoms. The molecule has 21 heavy (non-hydrogen) atoms. The number of nitrogen functional groups attached to an aromatic ring is 1. The van der Waals surface area contributed by atoms with Gasteiger partial charge in [0.25, 0.3) is 5.91 Å². The summed E-state index contributed by atoms with van der Waals surface area (Å²) in [5, 5.41) is 3.04. The summed E-state index contributed by atoms with van der Waals surface area (Å²) in [5.41, 5.74) is 5.87. The van der Waals surface area contributed by atoms with Crippen LogP contribution in [0.5, 0.6) is 5.75 Å². The van der Waals surface area contributed by atoms with Gasteiger partial charge in [-0.15, -0.1) is 0 Å². The molecule has 0 aliphatic heterocycles. The lowest BCUT2D eigenvalue weighted by Gasteiger charge is -2.12. The molecule has 0 saturated carbocycles.